The topological polar surface area (TPSA) is 38.7 Å². The second-order valence-electron chi connectivity index (χ2n) is 16.2. The Labute approximate surface area is 312 Å². The van der Waals surface area contributed by atoms with Gasteiger partial charge in [-0.15, -0.1) is 34.0 Å². The minimum Gasteiger partial charge on any atom is -0.254 e. The van der Waals surface area contributed by atoms with Crippen LogP contribution in [-0.2, 0) is 0 Å². The van der Waals surface area contributed by atoms with Gasteiger partial charge in [0, 0.05) is 12.4 Å². The molecule has 0 aromatic carbocycles. The maximum absolute atomic E-state index is 5.08. The van der Waals surface area contributed by atoms with Crippen LogP contribution < -0.4 is 13.9 Å². The fourth-order valence-corrected chi connectivity index (χ4v) is 39.8. The first-order chi connectivity index (χ1) is 21.2. The van der Waals surface area contributed by atoms with E-state index in [1.165, 1.54) is 26.5 Å². The molecule has 0 unspecified atom stereocenters. The van der Waals surface area contributed by atoms with Crippen LogP contribution in [0, 0.1) is 2.88 Å². The maximum Gasteiger partial charge on any atom is 0.131 e. The van der Waals surface area contributed by atoms with Crippen molar-refractivity contribution >= 4 is 94.7 Å². The van der Waals surface area contributed by atoms with E-state index in [0.29, 0.717) is 33.2 Å². The maximum atomic E-state index is 5.08. The number of hydrogen-bond donors (Lipinski definition) is 0. The second-order valence-corrected chi connectivity index (χ2v) is 39.7. The SMILES string of the molecule is CC(C)[Si](c1ncc(-c2cnc([Si](C(C)C)(C(C)C)C(C)C)s2)s1)(C(C)C)C(C)C.CC(C)[Si](c1ncc(I)s1)(C(C)C)C(C)C. The number of hydrogen-bond acceptors (Lipinski definition) is 6. The van der Waals surface area contributed by atoms with Crippen LogP contribution in [0.4, 0.5) is 0 Å². The molecule has 3 aromatic rings. The van der Waals surface area contributed by atoms with E-state index in [1.54, 1.807) is 0 Å². The smallest absolute Gasteiger partial charge is 0.131 e. The summed E-state index contributed by atoms with van der Waals surface area (Å²) in [6.07, 6.45) is 6.33. The van der Waals surface area contributed by atoms with Gasteiger partial charge in [0.1, 0.15) is 24.2 Å². The molecule has 0 amide bonds. The minimum absolute atomic E-state index is 0.691. The van der Waals surface area contributed by atoms with Crippen molar-refractivity contribution in [1.29, 1.82) is 0 Å². The molecular weight excluding hydrogens is 782 g/mol. The number of thiazole rings is 3. The first kappa shape index (κ1) is 42.4. The summed E-state index contributed by atoms with van der Waals surface area (Å²) < 4.78 is 5.66. The van der Waals surface area contributed by atoms with Gasteiger partial charge in [-0.2, -0.15) is 0 Å². The fourth-order valence-electron chi connectivity index (χ4n) is 9.85. The van der Waals surface area contributed by atoms with Gasteiger partial charge in [-0.3, -0.25) is 15.0 Å². The number of aromatic nitrogens is 3. The monoisotopic (exact) mass is 847 g/mol. The van der Waals surface area contributed by atoms with Gasteiger partial charge in [-0.25, -0.2) is 0 Å². The van der Waals surface area contributed by atoms with Gasteiger partial charge in [0.2, 0.25) is 0 Å². The van der Waals surface area contributed by atoms with E-state index >= 15 is 0 Å². The van der Waals surface area contributed by atoms with Crippen LogP contribution in [0.2, 0.25) is 49.9 Å². The van der Waals surface area contributed by atoms with E-state index < -0.39 is 24.2 Å². The molecule has 0 aliphatic carbocycles. The number of rotatable bonds is 13. The molecule has 0 radical (unpaired) electrons. The third-order valence-electron chi connectivity index (χ3n) is 11.4. The van der Waals surface area contributed by atoms with E-state index in [0.717, 1.165) is 16.6 Å². The first-order valence-electron chi connectivity index (χ1n) is 17.7. The standard InChI is InChI=1S/C24H44N2S2Si2.C12H22INSSi/c1-15(2)29(16(3)4,17(5)6)23-25-13-21(27-23)22-14-26-24(28-22)30(18(7)8,19(9)10)20(11)12;1-8(2)16(9(3)4,10(5)6)12-14-7-11(13)15-12/h13-20H,1-12H3;7-10H,1-6H3. The van der Waals surface area contributed by atoms with Crippen LogP contribution in [0.5, 0.6) is 0 Å². The summed E-state index contributed by atoms with van der Waals surface area (Å²) in [5.41, 5.74) is 6.42. The van der Waals surface area contributed by atoms with Crippen molar-refractivity contribution in [2.75, 3.05) is 0 Å². The summed E-state index contributed by atoms with van der Waals surface area (Å²) in [4.78, 5) is 17.5. The normalized spacial score (nSPS) is 13.6. The average molecular weight is 848 g/mol. The van der Waals surface area contributed by atoms with Crippen molar-refractivity contribution < 1.29 is 0 Å². The van der Waals surface area contributed by atoms with Crippen LogP contribution in [-0.4, -0.2) is 39.2 Å². The molecule has 0 aliphatic heterocycles. The molecule has 0 fully saturated rings. The van der Waals surface area contributed by atoms with Gasteiger partial charge in [0.25, 0.3) is 0 Å². The average Bonchev–Trinajstić information content (AvgIpc) is 3.66. The van der Waals surface area contributed by atoms with Crippen LogP contribution >= 0.6 is 56.6 Å². The van der Waals surface area contributed by atoms with Crippen LogP contribution in [0.15, 0.2) is 18.6 Å². The number of halogens is 1. The molecule has 0 atom stereocenters. The predicted octanol–water partition coefficient (Wildman–Crippen LogP) is 12.7. The Hall–Kier alpha value is 0.271. The van der Waals surface area contributed by atoms with Gasteiger partial charge >= 0.3 is 0 Å². The van der Waals surface area contributed by atoms with E-state index in [1.807, 2.05) is 40.2 Å². The zero-order valence-corrected chi connectivity index (χ0v) is 40.0. The van der Waals surface area contributed by atoms with Crippen molar-refractivity contribution in [3.63, 3.8) is 0 Å². The van der Waals surface area contributed by atoms with Crippen LogP contribution in [0.3, 0.4) is 0 Å². The van der Waals surface area contributed by atoms with E-state index in [2.05, 4.69) is 160 Å². The molecule has 0 bridgehead atoms. The molecule has 0 N–H and O–H groups in total. The molecule has 262 valence electrons. The minimum atomic E-state index is -1.70. The highest BCUT2D eigenvalue weighted by molar-refractivity contribution is 14.1. The molecule has 46 heavy (non-hydrogen) atoms. The summed E-state index contributed by atoms with van der Waals surface area (Å²) in [5, 5.41) is 0. The predicted molar refractivity (Wildman–Crippen MR) is 230 cm³/mol. The lowest BCUT2D eigenvalue weighted by atomic mass is 10.5. The molecule has 0 saturated heterocycles. The molecule has 10 heteroatoms. The second kappa shape index (κ2) is 17.0. The Morgan fingerprint density at radius 1 is 0.391 bits per heavy atom. The lowest BCUT2D eigenvalue weighted by molar-refractivity contribution is 0.833. The Kier molecular flexibility index (Phi) is 15.7. The van der Waals surface area contributed by atoms with Gasteiger partial charge < -0.3 is 0 Å². The van der Waals surface area contributed by atoms with Crippen molar-refractivity contribution in [1.82, 2.24) is 15.0 Å². The van der Waals surface area contributed by atoms with E-state index in [4.69, 9.17) is 15.0 Å². The summed E-state index contributed by atoms with van der Waals surface area (Å²) in [6, 6.07) is 0. The summed E-state index contributed by atoms with van der Waals surface area (Å²) >= 11 is 8.23. The van der Waals surface area contributed by atoms with Gasteiger partial charge in [-0.05, 0) is 72.5 Å². The Morgan fingerprint density at radius 2 is 0.609 bits per heavy atom. The lowest BCUT2D eigenvalue weighted by Gasteiger charge is -2.41. The molecule has 3 aromatic heterocycles. The van der Waals surface area contributed by atoms with Crippen LogP contribution in [0.25, 0.3) is 9.75 Å². The van der Waals surface area contributed by atoms with Crippen molar-refractivity contribution in [2.24, 2.45) is 0 Å². The zero-order chi connectivity index (χ0) is 35.5. The molecule has 0 aliphatic rings. The molecular formula is C36H66IN3S3Si3. The zero-order valence-electron chi connectivity index (χ0n) is 32.4. The third-order valence-corrected chi connectivity index (χ3v) is 38.7. The van der Waals surface area contributed by atoms with Crippen molar-refractivity contribution in [2.45, 2.75) is 174 Å². The quantitative estimate of drug-likeness (QED) is 0.127. The van der Waals surface area contributed by atoms with Gasteiger partial charge in [0.15, 0.2) is 0 Å². The Balaban J connectivity index is 0.000000387. The van der Waals surface area contributed by atoms with Crippen molar-refractivity contribution in [3.05, 3.63) is 21.5 Å². The molecule has 3 heterocycles. The van der Waals surface area contributed by atoms with Gasteiger partial charge in [-0.1, -0.05) is 125 Å². The highest BCUT2D eigenvalue weighted by Crippen LogP contribution is 2.45. The van der Waals surface area contributed by atoms with Gasteiger partial charge in [0.05, 0.1) is 32.7 Å². The molecule has 0 saturated carbocycles. The molecule has 3 rings (SSSR count). The Bertz CT molecular complexity index is 1220. The van der Waals surface area contributed by atoms with Crippen molar-refractivity contribution in [3.8, 4) is 9.75 Å². The molecule has 3 nitrogen and oxygen atoms in total. The summed E-state index contributed by atoms with van der Waals surface area (Å²) in [7, 11) is -4.88. The summed E-state index contributed by atoms with van der Waals surface area (Å²) in [5.74, 6) is 0. The third kappa shape index (κ3) is 7.77. The lowest BCUT2D eigenvalue weighted by Crippen LogP contribution is -2.55. The first-order valence-corrected chi connectivity index (χ1v) is 27.9. The molecule has 0 spiro atoms. The van der Waals surface area contributed by atoms with E-state index in [9.17, 15) is 0 Å². The van der Waals surface area contributed by atoms with Crippen LogP contribution in [0.1, 0.15) is 125 Å². The Morgan fingerprint density at radius 3 is 0.804 bits per heavy atom. The van der Waals surface area contributed by atoms with E-state index in [-0.39, 0.29) is 0 Å². The highest BCUT2D eigenvalue weighted by atomic mass is 127. The fraction of sp³-hybridized carbons (Fsp3) is 0.750. The summed E-state index contributed by atoms with van der Waals surface area (Å²) in [6.45, 7) is 43.4. The number of nitrogens with zero attached hydrogens (tertiary/aromatic N) is 3. The largest absolute Gasteiger partial charge is 0.254 e. The highest BCUT2D eigenvalue weighted by Gasteiger charge is 2.49.